The molecule has 0 aliphatic rings. The molecule has 0 aliphatic heterocycles. The largest absolute Gasteiger partial charge is 0.435 e. The molecule has 0 saturated heterocycles. The van der Waals surface area contributed by atoms with Crippen molar-refractivity contribution in [3.63, 3.8) is 0 Å². The molecule has 0 radical (unpaired) electrons. The Balaban J connectivity index is 4.30. The summed E-state index contributed by atoms with van der Waals surface area (Å²) in [5.74, 6) is -1.41. The number of hydrogen-bond acceptors (Lipinski definition) is 7. The molecule has 0 spiro atoms. The lowest BCUT2D eigenvalue weighted by Crippen LogP contribution is -2.10. The first-order chi connectivity index (χ1) is 9.47. The highest BCUT2D eigenvalue weighted by Gasteiger charge is 2.25. The van der Waals surface area contributed by atoms with Crippen LogP contribution >= 0.6 is 7.60 Å². The lowest BCUT2D eigenvalue weighted by atomic mass is 10.4. The van der Waals surface area contributed by atoms with E-state index < -0.39 is 33.1 Å². The number of hydrogen-bond donors (Lipinski definition) is 0. The molecule has 0 bridgehead atoms. The van der Waals surface area contributed by atoms with Crippen LogP contribution in [0.5, 0.6) is 0 Å². The molecule has 114 valence electrons. The smallest absolute Gasteiger partial charge is 0.336 e. The molecule has 0 unspecified atom stereocenters. The Bertz CT molecular complexity index is 361. The Hall–Kier alpha value is -1.43. The molecule has 0 aromatic heterocycles. The molecule has 0 rings (SSSR count). The van der Waals surface area contributed by atoms with Crippen molar-refractivity contribution in [2.45, 2.75) is 19.8 Å². The molecule has 0 fully saturated rings. The van der Waals surface area contributed by atoms with E-state index in [0.717, 1.165) is 18.6 Å². The van der Waals surface area contributed by atoms with Crippen molar-refractivity contribution < 1.29 is 32.7 Å². The fourth-order valence-electron chi connectivity index (χ4n) is 0.965. The predicted octanol–water partition coefficient (Wildman–Crippen LogP) is 2.39. The first-order valence-electron chi connectivity index (χ1n) is 5.94. The van der Waals surface area contributed by atoms with Crippen LogP contribution in [-0.2, 0) is 32.7 Å². The third-order valence-electron chi connectivity index (χ3n) is 2.02. The molecule has 0 N–H and O–H groups in total. The van der Waals surface area contributed by atoms with E-state index in [1.807, 2.05) is 6.92 Å². The lowest BCUT2D eigenvalue weighted by Gasteiger charge is -2.17. The SMILES string of the molecule is C=CC(=O)OCOP(=O)(CCCC)OCOC(=O)C=C. The molecular formula is C12H19O7P. The lowest BCUT2D eigenvalue weighted by molar-refractivity contribution is -0.146. The highest BCUT2D eigenvalue weighted by molar-refractivity contribution is 7.53. The molecule has 20 heavy (non-hydrogen) atoms. The Morgan fingerprint density at radius 3 is 1.85 bits per heavy atom. The van der Waals surface area contributed by atoms with Crippen LogP contribution in [0.15, 0.2) is 25.3 Å². The third-order valence-corrected chi connectivity index (χ3v) is 3.88. The molecule has 0 heterocycles. The molecule has 0 aromatic rings. The first-order valence-corrected chi connectivity index (χ1v) is 7.66. The summed E-state index contributed by atoms with van der Waals surface area (Å²) in [5, 5.41) is 0. The number of rotatable bonds is 11. The van der Waals surface area contributed by atoms with Gasteiger partial charge in [-0.25, -0.2) is 9.59 Å². The predicted molar refractivity (Wildman–Crippen MR) is 71.9 cm³/mol. The molecule has 0 aromatic carbocycles. The zero-order valence-electron chi connectivity index (χ0n) is 11.4. The van der Waals surface area contributed by atoms with E-state index in [-0.39, 0.29) is 6.16 Å². The Labute approximate surface area is 118 Å². The van der Waals surface area contributed by atoms with Gasteiger partial charge in [0.15, 0.2) is 0 Å². The van der Waals surface area contributed by atoms with Crippen molar-refractivity contribution in [3.8, 4) is 0 Å². The van der Waals surface area contributed by atoms with E-state index in [1.165, 1.54) is 0 Å². The van der Waals surface area contributed by atoms with Gasteiger partial charge in [-0.05, 0) is 6.42 Å². The first kappa shape index (κ1) is 18.6. The second-order valence-electron chi connectivity index (χ2n) is 3.52. The van der Waals surface area contributed by atoms with Crippen LogP contribution in [0, 0.1) is 0 Å². The molecule has 0 atom stereocenters. The van der Waals surface area contributed by atoms with Gasteiger partial charge in [0.1, 0.15) is 0 Å². The summed E-state index contributed by atoms with van der Waals surface area (Å²) in [6, 6.07) is 0. The number of unbranched alkanes of at least 4 members (excludes halogenated alkanes) is 1. The Morgan fingerprint density at radius 2 is 1.50 bits per heavy atom. The van der Waals surface area contributed by atoms with Crippen molar-refractivity contribution in [2.75, 3.05) is 19.7 Å². The Kier molecular flexibility index (Phi) is 9.63. The van der Waals surface area contributed by atoms with Crippen LogP contribution in [-0.4, -0.2) is 31.7 Å². The fourth-order valence-corrected chi connectivity index (χ4v) is 2.43. The maximum Gasteiger partial charge on any atom is 0.336 e. The molecule has 8 heteroatoms. The number of ether oxygens (including phenoxy) is 2. The molecular weight excluding hydrogens is 287 g/mol. The summed E-state index contributed by atoms with van der Waals surface area (Å²) in [7, 11) is -3.49. The van der Waals surface area contributed by atoms with Crippen molar-refractivity contribution >= 4 is 19.5 Å². The summed E-state index contributed by atoms with van der Waals surface area (Å²) >= 11 is 0. The van der Waals surface area contributed by atoms with Gasteiger partial charge in [-0.15, -0.1) is 0 Å². The minimum absolute atomic E-state index is 0.126. The molecule has 0 amide bonds. The summed E-state index contributed by atoms with van der Waals surface area (Å²) < 4.78 is 31.2. The molecule has 0 aliphatic carbocycles. The monoisotopic (exact) mass is 306 g/mol. The van der Waals surface area contributed by atoms with Crippen molar-refractivity contribution in [3.05, 3.63) is 25.3 Å². The average molecular weight is 306 g/mol. The van der Waals surface area contributed by atoms with E-state index in [1.54, 1.807) is 0 Å². The van der Waals surface area contributed by atoms with Crippen molar-refractivity contribution in [2.24, 2.45) is 0 Å². The summed E-state index contributed by atoms with van der Waals surface area (Å²) in [6.07, 6.45) is 3.39. The van der Waals surface area contributed by atoms with Gasteiger partial charge in [0, 0.05) is 12.2 Å². The molecule has 0 saturated carbocycles. The number of esters is 2. The normalized spacial score (nSPS) is 10.7. The van der Waals surface area contributed by atoms with Crippen LogP contribution in [0.25, 0.3) is 0 Å². The summed E-state index contributed by atoms with van der Waals surface area (Å²) in [4.78, 5) is 21.6. The minimum Gasteiger partial charge on any atom is -0.435 e. The third kappa shape index (κ3) is 8.63. The van der Waals surface area contributed by atoms with Gasteiger partial charge in [-0.3, -0.25) is 13.6 Å². The Morgan fingerprint density at radius 1 is 1.05 bits per heavy atom. The van der Waals surface area contributed by atoms with E-state index in [9.17, 15) is 14.2 Å². The van der Waals surface area contributed by atoms with E-state index in [2.05, 4.69) is 22.6 Å². The standard InChI is InChI=1S/C12H19O7P/c1-4-7-8-20(15,18-9-16-11(13)5-2)19-10-17-12(14)6-3/h5-6H,2-4,7-10H2,1H3. The van der Waals surface area contributed by atoms with Gasteiger partial charge in [0.05, 0.1) is 6.16 Å². The van der Waals surface area contributed by atoms with E-state index in [4.69, 9.17) is 9.05 Å². The maximum absolute atomic E-state index is 12.2. The van der Waals surface area contributed by atoms with E-state index >= 15 is 0 Å². The van der Waals surface area contributed by atoms with Gasteiger partial charge in [0.2, 0.25) is 13.6 Å². The van der Waals surface area contributed by atoms with Crippen LogP contribution < -0.4 is 0 Å². The summed E-state index contributed by atoms with van der Waals surface area (Å²) in [5.41, 5.74) is 0. The summed E-state index contributed by atoms with van der Waals surface area (Å²) in [6.45, 7) is 7.26. The van der Waals surface area contributed by atoms with Crippen LogP contribution in [0.2, 0.25) is 0 Å². The number of carbonyl (C=O) groups excluding carboxylic acids is 2. The van der Waals surface area contributed by atoms with Crippen LogP contribution in [0.1, 0.15) is 19.8 Å². The van der Waals surface area contributed by atoms with Gasteiger partial charge >= 0.3 is 19.5 Å². The second-order valence-corrected chi connectivity index (χ2v) is 5.70. The number of carbonyl (C=O) groups is 2. The maximum atomic E-state index is 12.2. The zero-order chi connectivity index (χ0) is 15.4. The van der Waals surface area contributed by atoms with Gasteiger partial charge in [0.25, 0.3) is 0 Å². The highest BCUT2D eigenvalue weighted by Crippen LogP contribution is 2.48. The second kappa shape index (κ2) is 10.4. The van der Waals surface area contributed by atoms with E-state index in [0.29, 0.717) is 6.42 Å². The van der Waals surface area contributed by atoms with Crippen LogP contribution in [0.3, 0.4) is 0 Å². The fraction of sp³-hybridized carbons (Fsp3) is 0.500. The van der Waals surface area contributed by atoms with Crippen LogP contribution in [0.4, 0.5) is 0 Å². The zero-order valence-corrected chi connectivity index (χ0v) is 12.3. The van der Waals surface area contributed by atoms with Crippen molar-refractivity contribution in [1.82, 2.24) is 0 Å². The quantitative estimate of drug-likeness (QED) is 0.250. The average Bonchev–Trinajstić information content (AvgIpc) is 2.44. The van der Waals surface area contributed by atoms with Gasteiger partial charge in [-0.2, -0.15) is 0 Å². The van der Waals surface area contributed by atoms with Crippen molar-refractivity contribution in [1.29, 1.82) is 0 Å². The van der Waals surface area contributed by atoms with Gasteiger partial charge < -0.3 is 9.47 Å². The minimum atomic E-state index is -3.49. The topological polar surface area (TPSA) is 88.1 Å². The highest BCUT2D eigenvalue weighted by atomic mass is 31.2. The van der Waals surface area contributed by atoms with Gasteiger partial charge in [-0.1, -0.05) is 26.5 Å². The molecule has 7 nitrogen and oxygen atoms in total.